The van der Waals surface area contributed by atoms with E-state index >= 15 is 0 Å². The summed E-state index contributed by atoms with van der Waals surface area (Å²) >= 11 is 0. The van der Waals surface area contributed by atoms with Crippen LogP contribution in [0.5, 0.6) is 0 Å². The average Bonchev–Trinajstić information content (AvgIpc) is 3.09. The minimum Gasteiger partial charge on any atom is -0.0533 e. The Bertz CT molecular complexity index is 268. The van der Waals surface area contributed by atoms with E-state index in [0.29, 0.717) is 0 Å². The molecule has 4 fully saturated rings. The molecule has 0 aromatic rings. The molecule has 0 aromatic heterocycles. The van der Waals surface area contributed by atoms with Gasteiger partial charge in [0.05, 0.1) is 0 Å². The van der Waals surface area contributed by atoms with Crippen molar-refractivity contribution in [3.05, 3.63) is 0 Å². The smallest absolute Gasteiger partial charge is 0.0263 e. The van der Waals surface area contributed by atoms with Crippen molar-refractivity contribution in [2.45, 2.75) is 70.6 Å². The molecule has 0 saturated heterocycles. The van der Waals surface area contributed by atoms with E-state index < -0.39 is 0 Å². The van der Waals surface area contributed by atoms with Crippen molar-refractivity contribution >= 4 is 0 Å². The highest BCUT2D eigenvalue weighted by Crippen LogP contribution is 2.70. The van der Waals surface area contributed by atoms with Gasteiger partial charge in [0.1, 0.15) is 0 Å². The lowest BCUT2D eigenvalue weighted by atomic mass is 9.81. The molecule has 0 radical (unpaired) electrons. The molecule has 4 aliphatic carbocycles. The van der Waals surface area contributed by atoms with Crippen LogP contribution in [-0.2, 0) is 0 Å². The predicted molar refractivity (Wildman–Crippen MR) is 62.6 cm³/mol. The van der Waals surface area contributed by atoms with Crippen LogP contribution in [0.2, 0.25) is 0 Å². The summed E-state index contributed by atoms with van der Waals surface area (Å²) in [5.74, 6) is 2.36. The van der Waals surface area contributed by atoms with E-state index in [2.05, 4.69) is 0 Å². The molecule has 0 amide bonds. The molecule has 2 unspecified atom stereocenters. The normalized spacial score (nSPS) is 44.8. The minimum atomic E-state index is 0.906. The van der Waals surface area contributed by atoms with Crippen LogP contribution in [0.1, 0.15) is 70.6 Å². The van der Waals surface area contributed by atoms with Gasteiger partial charge in [0.25, 0.3) is 0 Å². The lowest BCUT2D eigenvalue weighted by molar-refractivity contribution is 0.267. The number of hydrogen-bond acceptors (Lipinski definition) is 0. The number of hydrogen-bond donors (Lipinski definition) is 0. The van der Waals surface area contributed by atoms with E-state index in [4.69, 9.17) is 0 Å². The molecule has 0 nitrogen and oxygen atoms in total. The monoisotopic (exact) mass is 204 g/mol. The van der Waals surface area contributed by atoms with E-state index in [-0.39, 0.29) is 0 Å². The van der Waals surface area contributed by atoms with Gasteiger partial charge in [-0.15, -0.1) is 0 Å². The van der Waals surface area contributed by atoms with Crippen molar-refractivity contribution in [3.63, 3.8) is 0 Å². The van der Waals surface area contributed by atoms with Gasteiger partial charge in [-0.3, -0.25) is 0 Å². The highest BCUT2D eigenvalue weighted by atomic mass is 14.7. The SMILES string of the molecule is C1CCC2(CC1)CC2C1CCC2(CC2)C1. The third-order valence-electron chi connectivity index (χ3n) is 6.37. The standard InChI is InChI=1S/C15H24/c1-2-5-15(6-3-1)11-13(15)12-4-7-14(10-12)8-9-14/h12-13H,1-11H2. The fourth-order valence-corrected chi connectivity index (χ4v) is 5.10. The summed E-state index contributed by atoms with van der Waals surface area (Å²) < 4.78 is 0. The Morgan fingerprint density at radius 3 is 2.20 bits per heavy atom. The zero-order valence-corrected chi connectivity index (χ0v) is 9.93. The molecule has 0 heterocycles. The fraction of sp³-hybridized carbons (Fsp3) is 1.00. The molecule has 0 aliphatic heterocycles. The molecule has 0 heteroatoms. The first kappa shape index (κ1) is 9.07. The van der Waals surface area contributed by atoms with E-state index in [1.54, 1.807) is 64.2 Å². The van der Waals surface area contributed by atoms with Gasteiger partial charge in [0.2, 0.25) is 0 Å². The molecule has 2 atom stereocenters. The molecule has 0 aromatic carbocycles. The molecule has 84 valence electrons. The largest absolute Gasteiger partial charge is 0.0533 e. The molecule has 15 heavy (non-hydrogen) atoms. The first-order chi connectivity index (χ1) is 7.32. The van der Waals surface area contributed by atoms with Crippen LogP contribution in [0.3, 0.4) is 0 Å². The Hall–Kier alpha value is 0. The molecular formula is C15H24. The Morgan fingerprint density at radius 1 is 0.733 bits per heavy atom. The van der Waals surface area contributed by atoms with Gasteiger partial charge in [-0.05, 0) is 74.0 Å². The molecular weight excluding hydrogens is 180 g/mol. The van der Waals surface area contributed by atoms with Gasteiger partial charge >= 0.3 is 0 Å². The van der Waals surface area contributed by atoms with Gasteiger partial charge in [0, 0.05) is 0 Å². The van der Waals surface area contributed by atoms with Crippen molar-refractivity contribution in [2.24, 2.45) is 22.7 Å². The average molecular weight is 204 g/mol. The van der Waals surface area contributed by atoms with E-state index in [0.717, 1.165) is 10.8 Å². The van der Waals surface area contributed by atoms with Crippen LogP contribution in [0.25, 0.3) is 0 Å². The van der Waals surface area contributed by atoms with Crippen LogP contribution < -0.4 is 0 Å². The molecule has 4 rings (SSSR count). The maximum Gasteiger partial charge on any atom is -0.0263 e. The topological polar surface area (TPSA) is 0 Å². The fourth-order valence-electron chi connectivity index (χ4n) is 5.10. The van der Waals surface area contributed by atoms with Crippen LogP contribution in [0.15, 0.2) is 0 Å². The van der Waals surface area contributed by atoms with Crippen LogP contribution in [-0.4, -0.2) is 0 Å². The van der Waals surface area contributed by atoms with Crippen molar-refractivity contribution < 1.29 is 0 Å². The van der Waals surface area contributed by atoms with Crippen molar-refractivity contribution in [1.29, 1.82) is 0 Å². The summed E-state index contributed by atoms with van der Waals surface area (Å²) in [6.45, 7) is 0. The van der Waals surface area contributed by atoms with Gasteiger partial charge in [-0.2, -0.15) is 0 Å². The summed E-state index contributed by atoms with van der Waals surface area (Å²) in [6.07, 6.45) is 17.5. The highest BCUT2D eigenvalue weighted by Gasteiger charge is 2.60. The predicted octanol–water partition coefficient (Wildman–Crippen LogP) is 4.54. The van der Waals surface area contributed by atoms with Gasteiger partial charge < -0.3 is 0 Å². The zero-order valence-electron chi connectivity index (χ0n) is 9.93. The molecule has 0 bridgehead atoms. The van der Waals surface area contributed by atoms with E-state index in [9.17, 15) is 0 Å². The van der Waals surface area contributed by atoms with Crippen LogP contribution in [0, 0.1) is 22.7 Å². The maximum absolute atomic E-state index is 1.64. The zero-order chi connectivity index (χ0) is 9.93. The van der Waals surface area contributed by atoms with E-state index in [1.165, 1.54) is 18.3 Å². The molecule has 4 aliphatic rings. The second-order valence-corrected chi connectivity index (χ2v) is 7.24. The molecule has 4 saturated carbocycles. The Labute approximate surface area is 93.8 Å². The maximum atomic E-state index is 1.64. The quantitative estimate of drug-likeness (QED) is 0.588. The van der Waals surface area contributed by atoms with Crippen molar-refractivity contribution in [2.75, 3.05) is 0 Å². The summed E-state index contributed by atoms with van der Waals surface area (Å²) in [4.78, 5) is 0. The minimum absolute atomic E-state index is 0.906. The van der Waals surface area contributed by atoms with Gasteiger partial charge in [-0.25, -0.2) is 0 Å². The Balaban J connectivity index is 1.43. The van der Waals surface area contributed by atoms with Gasteiger partial charge in [0.15, 0.2) is 0 Å². The Morgan fingerprint density at radius 2 is 1.53 bits per heavy atom. The Kier molecular flexibility index (Phi) is 1.70. The summed E-state index contributed by atoms with van der Waals surface area (Å²) in [5, 5.41) is 0. The third-order valence-corrected chi connectivity index (χ3v) is 6.37. The second-order valence-electron chi connectivity index (χ2n) is 7.24. The first-order valence-corrected chi connectivity index (χ1v) is 7.32. The lowest BCUT2D eigenvalue weighted by Crippen LogP contribution is -2.13. The van der Waals surface area contributed by atoms with Crippen LogP contribution in [0.4, 0.5) is 0 Å². The number of rotatable bonds is 1. The van der Waals surface area contributed by atoms with E-state index in [1.807, 2.05) is 0 Å². The molecule has 0 N–H and O–H groups in total. The van der Waals surface area contributed by atoms with Crippen molar-refractivity contribution in [3.8, 4) is 0 Å². The molecule has 2 spiro atoms. The summed E-state index contributed by atoms with van der Waals surface area (Å²) in [6, 6.07) is 0. The van der Waals surface area contributed by atoms with Crippen molar-refractivity contribution in [1.82, 2.24) is 0 Å². The summed E-state index contributed by atoms with van der Waals surface area (Å²) in [7, 11) is 0. The third kappa shape index (κ3) is 1.33. The van der Waals surface area contributed by atoms with Gasteiger partial charge in [-0.1, -0.05) is 19.3 Å². The highest BCUT2D eigenvalue weighted by molar-refractivity contribution is 5.10. The van der Waals surface area contributed by atoms with Crippen LogP contribution >= 0.6 is 0 Å². The summed E-state index contributed by atoms with van der Waals surface area (Å²) in [5.41, 5.74) is 1.83. The first-order valence-electron chi connectivity index (χ1n) is 7.32. The second kappa shape index (κ2) is 2.81. The lowest BCUT2D eigenvalue weighted by Gasteiger charge is -2.24.